The van der Waals surface area contributed by atoms with Crippen molar-refractivity contribution in [3.63, 3.8) is 0 Å². The van der Waals surface area contributed by atoms with E-state index in [1.54, 1.807) is 24.3 Å². The lowest BCUT2D eigenvalue weighted by Crippen LogP contribution is -2.23. The first-order chi connectivity index (χ1) is 14.9. The number of aromatic amines is 1. The molecule has 0 saturated heterocycles. The van der Waals surface area contributed by atoms with Gasteiger partial charge in [0.2, 0.25) is 0 Å². The van der Waals surface area contributed by atoms with E-state index < -0.39 is 28.1 Å². The smallest absolute Gasteiger partial charge is 0.416 e. The van der Waals surface area contributed by atoms with E-state index in [0.29, 0.717) is 12.2 Å². The molecule has 0 aliphatic rings. The van der Waals surface area contributed by atoms with Gasteiger partial charge in [-0.15, -0.1) is 0 Å². The summed E-state index contributed by atoms with van der Waals surface area (Å²) in [6, 6.07) is 10.7. The number of halogens is 3. The van der Waals surface area contributed by atoms with E-state index in [0.717, 1.165) is 51.7 Å². The van der Waals surface area contributed by atoms with Crippen LogP contribution in [0.25, 0.3) is 0 Å². The van der Waals surface area contributed by atoms with Crippen molar-refractivity contribution < 1.29 is 30.5 Å². The molecule has 2 aromatic carbocycles. The number of thiazole rings is 1. The number of hydrogen-bond acceptors (Lipinski definition) is 6. The van der Waals surface area contributed by atoms with Crippen LogP contribution in [0.5, 0.6) is 5.75 Å². The van der Waals surface area contributed by atoms with Crippen LogP contribution in [0.4, 0.5) is 13.2 Å². The molecular weight excluding hydrogens is 469 g/mol. The van der Waals surface area contributed by atoms with Gasteiger partial charge in [-0.05, 0) is 42.3 Å². The molecule has 0 fully saturated rings. The molecule has 0 radical (unpaired) electrons. The molecule has 0 bridgehead atoms. The molecule has 3 N–H and O–H groups in total. The number of nitrogens with one attached hydrogen (secondary N) is 1. The summed E-state index contributed by atoms with van der Waals surface area (Å²) < 4.78 is 71.5. The van der Waals surface area contributed by atoms with E-state index >= 15 is 0 Å². The van der Waals surface area contributed by atoms with Gasteiger partial charge < -0.3 is 9.72 Å². The van der Waals surface area contributed by atoms with Crippen molar-refractivity contribution in [1.82, 2.24) is 4.98 Å². The van der Waals surface area contributed by atoms with E-state index in [-0.39, 0.29) is 17.0 Å². The van der Waals surface area contributed by atoms with Crippen LogP contribution in [0.1, 0.15) is 33.4 Å². The molecule has 7 nitrogen and oxygen atoms in total. The van der Waals surface area contributed by atoms with Gasteiger partial charge in [0.25, 0.3) is 0 Å². The van der Waals surface area contributed by atoms with Gasteiger partial charge in [-0.25, -0.2) is 9.32 Å². The second kappa shape index (κ2) is 9.45. The van der Waals surface area contributed by atoms with Crippen LogP contribution in [0.2, 0.25) is 0 Å². The Kier molecular flexibility index (Phi) is 7.08. The minimum absolute atomic E-state index is 0.124. The monoisotopic (exact) mass is 488 g/mol. The summed E-state index contributed by atoms with van der Waals surface area (Å²) in [5.74, 6) is 0.391. The van der Waals surface area contributed by atoms with Crippen LogP contribution < -0.4 is 14.7 Å². The fourth-order valence-electron chi connectivity index (χ4n) is 2.89. The van der Waals surface area contributed by atoms with Crippen LogP contribution in [0.3, 0.4) is 0 Å². The highest BCUT2D eigenvalue weighted by atomic mass is 32.2. The third-order valence-electron chi connectivity index (χ3n) is 4.47. The van der Waals surface area contributed by atoms with E-state index in [9.17, 15) is 26.4 Å². The molecule has 0 aliphatic heterocycles. The molecular formula is C20H19F3N2O5S2. The van der Waals surface area contributed by atoms with Gasteiger partial charge in [0.15, 0.2) is 0 Å². The Morgan fingerprint density at radius 1 is 1.09 bits per heavy atom. The molecule has 1 atom stereocenters. The van der Waals surface area contributed by atoms with Gasteiger partial charge in [0.1, 0.15) is 18.5 Å². The van der Waals surface area contributed by atoms with Gasteiger partial charge in [0.05, 0.1) is 5.56 Å². The number of hydrogen-bond donors (Lipinski definition) is 2. The van der Waals surface area contributed by atoms with Crippen molar-refractivity contribution in [3.8, 4) is 5.75 Å². The van der Waals surface area contributed by atoms with Crippen LogP contribution in [-0.2, 0) is 27.1 Å². The summed E-state index contributed by atoms with van der Waals surface area (Å²) in [7, 11) is -4.39. The summed E-state index contributed by atoms with van der Waals surface area (Å²) in [4.78, 5) is 14.9. The van der Waals surface area contributed by atoms with E-state index in [1.165, 1.54) is 0 Å². The Balaban J connectivity index is 1.70. The molecule has 1 unspecified atom stereocenters. The predicted molar refractivity (Wildman–Crippen MR) is 113 cm³/mol. The van der Waals surface area contributed by atoms with Gasteiger partial charge in [-0.3, -0.25) is 4.79 Å². The quantitative estimate of drug-likeness (QED) is 0.502. The summed E-state index contributed by atoms with van der Waals surface area (Å²) >= 11 is 1.13. The van der Waals surface area contributed by atoms with Gasteiger partial charge in [-0.2, -0.15) is 21.6 Å². The van der Waals surface area contributed by atoms with E-state index in [2.05, 4.69) is 4.98 Å². The molecule has 12 heteroatoms. The Bertz CT molecular complexity index is 1220. The summed E-state index contributed by atoms with van der Waals surface area (Å²) in [6.07, 6.45) is -5.22. The lowest BCUT2D eigenvalue weighted by atomic mass is 10.1. The predicted octanol–water partition coefficient (Wildman–Crippen LogP) is 3.69. The van der Waals surface area contributed by atoms with Crippen molar-refractivity contribution in [1.29, 1.82) is 0 Å². The Morgan fingerprint density at radius 2 is 1.72 bits per heavy atom. The molecule has 1 heterocycles. The third-order valence-corrected chi connectivity index (χ3v) is 5.96. The maximum absolute atomic E-state index is 12.8. The Morgan fingerprint density at radius 3 is 2.22 bits per heavy atom. The van der Waals surface area contributed by atoms with Gasteiger partial charge in [-0.1, -0.05) is 35.6 Å². The fraction of sp³-hybridized carbons (Fsp3) is 0.250. The number of rotatable bonds is 8. The van der Waals surface area contributed by atoms with Crippen molar-refractivity contribution in [3.05, 3.63) is 85.5 Å². The number of aromatic nitrogens is 1. The number of aryl methyl sites for hydroxylation is 1. The second-order valence-corrected chi connectivity index (χ2v) is 9.14. The first-order valence-electron chi connectivity index (χ1n) is 9.19. The number of nitrogens with two attached hydrogens (primary N) is 1. The minimum atomic E-state index is -4.53. The normalized spacial score (nSPS) is 13.2. The summed E-state index contributed by atoms with van der Waals surface area (Å²) in [5, 5.41) is 4.94. The molecule has 0 spiro atoms. The molecule has 0 saturated carbocycles. The average molecular weight is 489 g/mol. The van der Waals surface area contributed by atoms with Crippen LogP contribution in [-0.4, -0.2) is 20.0 Å². The molecule has 0 aliphatic carbocycles. The molecule has 172 valence electrons. The van der Waals surface area contributed by atoms with Crippen molar-refractivity contribution in [2.45, 2.75) is 25.6 Å². The Hall–Kier alpha value is -2.67. The zero-order valence-electron chi connectivity index (χ0n) is 16.7. The standard InChI is InChI=1S/C20H19F3N2O5S2/c1-12-18(31-19(26)25-12)10-13-2-8-16(9-3-13)29-11-17(30-32(24,27)28)14-4-6-15(7-5-14)20(21,22)23/h2-9,17H,10-11H2,1H3,(H,25,26)(H2,24,27,28). The average Bonchev–Trinajstić information content (AvgIpc) is 3.01. The van der Waals surface area contributed by atoms with Crippen molar-refractivity contribution in [2.24, 2.45) is 5.14 Å². The van der Waals surface area contributed by atoms with E-state index in [1.807, 2.05) is 6.92 Å². The number of alkyl halides is 3. The number of ether oxygens (including phenoxy) is 1. The highest BCUT2D eigenvalue weighted by Gasteiger charge is 2.30. The zero-order chi connectivity index (χ0) is 23.5. The van der Waals surface area contributed by atoms with Gasteiger partial charge >= 0.3 is 21.4 Å². The first kappa shape index (κ1) is 24.0. The molecule has 3 aromatic rings. The minimum Gasteiger partial charge on any atom is -0.490 e. The molecule has 32 heavy (non-hydrogen) atoms. The van der Waals surface area contributed by atoms with Gasteiger partial charge in [0, 0.05) is 17.0 Å². The highest BCUT2D eigenvalue weighted by molar-refractivity contribution is 7.84. The maximum Gasteiger partial charge on any atom is 0.416 e. The van der Waals surface area contributed by atoms with Crippen LogP contribution in [0, 0.1) is 6.92 Å². The topological polar surface area (TPSA) is 111 Å². The van der Waals surface area contributed by atoms with E-state index in [4.69, 9.17) is 14.1 Å². The lowest BCUT2D eigenvalue weighted by Gasteiger charge is -2.18. The summed E-state index contributed by atoms with van der Waals surface area (Å²) in [5.41, 5.74) is 1.01. The Labute approximate surface area is 185 Å². The first-order valence-corrected chi connectivity index (χ1v) is 11.5. The zero-order valence-corrected chi connectivity index (χ0v) is 18.3. The summed E-state index contributed by atoms with van der Waals surface area (Å²) in [6.45, 7) is 1.51. The van der Waals surface area contributed by atoms with Crippen LogP contribution >= 0.6 is 11.3 Å². The SMILES string of the molecule is Cc1[nH]c(=O)sc1Cc1ccc(OCC(OS(N)(=O)=O)c2ccc(C(F)(F)F)cc2)cc1. The number of H-pyrrole nitrogens is 1. The second-order valence-electron chi connectivity index (χ2n) is 6.89. The van der Waals surface area contributed by atoms with Crippen molar-refractivity contribution in [2.75, 3.05) is 6.61 Å². The maximum atomic E-state index is 12.8. The largest absolute Gasteiger partial charge is 0.490 e. The molecule has 1 aromatic heterocycles. The number of benzene rings is 2. The van der Waals surface area contributed by atoms with Crippen LogP contribution in [0.15, 0.2) is 53.3 Å². The highest BCUT2D eigenvalue weighted by Crippen LogP contribution is 2.31. The lowest BCUT2D eigenvalue weighted by molar-refractivity contribution is -0.137. The van der Waals surface area contributed by atoms with Crippen molar-refractivity contribution >= 4 is 21.6 Å². The molecule has 3 rings (SSSR count). The molecule has 0 amide bonds. The fourth-order valence-corrected chi connectivity index (χ4v) is 4.26. The third kappa shape index (κ3) is 6.66.